The first-order chi connectivity index (χ1) is 8.63. The molecule has 0 aliphatic rings. The lowest BCUT2D eigenvalue weighted by Gasteiger charge is -1.89. The van der Waals surface area contributed by atoms with E-state index in [1.807, 2.05) is 18.2 Å². The van der Waals surface area contributed by atoms with Crippen LogP contribution in [0, 0.1) is 0 Å². The van der Waals surface area contributed by atoms with Crippen molar-refractivity contribution in [2.24, 2.45) is 0 Å². The van der Waals surface area contributed by atoms with Crippen molar-refractivity contribution in [1.82, 2.24) is 10.1 Å². The fourth-order valence-electron chi connectivity index (χ4n) is 1.74. The Balaban J connectivity index is 2.10. The number of aromatic carboxylic acids is 1. The number of hydrogen-bond donors (Lipinski definition) is 2. The lowest BCUT2D eigenvalue weighted by atomic mass is 10.2. The monoisotopic (exact) mass is 262 g/mol. The van der Waals surface area contributed by atoms with Gasteiger partial charge in [0.05, 0.1) is 5.69 Å². The van der Waals surface area contributed by atoms with Gasteiger partial charge in [-0.05, 0) is 24.3 Å². The number of carboxylic acids is 1. The molecule has 0 unspecified atom stereocenters. The molecule has 2 heterocycles. The van der Waals surface area contributed by atoms with Crippen molar-refractivity contribution in [3.63, 3.8) is 0 Å². The number of aromatic amines is 1. The Morgan fingerprint density at radius 2 is 2.17 bits per heavy atom. The van der Waals surface area contributed by atoms with E-state index in [-0.39, 0.29) is 5.69 Å². The Labute approximate surface area is 106 Å². The normalized spacial score (nSPS) is 10.9. The molecule has 18 heavy (non-hydrogen) atoms. The molecule has 0 saturated carbocycles. The average Bonchev–Trinajstić information content (AvgIpc) is 2.93. The number of carbonyl (C=O) groups is 1. The van der Waals surface area contributed by atoms with Crippen LogP contribution in [-0.4, -0.2) is 21.2 Å². The number of benzene rings is 1. The van der Waals surface area contributed by atoms with Crippen LogP contribution in [0.4, 0.5) is 0 Å². The summed E-state index contributed by atoms with van der Waals surface area (Å²) in [5, 5.41) is 13.8. The van der Waals surface area contributed by atoms with Crippen LogP contribution >= 0.6 is 11.6 Å². The smallest absolute Gasteiger partial charge is 0.358 e. The third kappa shape index (κ3) is 1.74. The number of hydrogen-bond acceptors (Lipinski definition) is 3. The summed E-state index contributed by atoms with van der Waals surface area (Å²) in [5.74, 6) is -0.746. The molecule has 3 aromatic rings. The Bertz CT molecular complexity index is 745. The fraction of sp³-hybridized carbons (Fsp3) is 0. The molecular formula is C12H7ClN2O3. The van der Waals surface area contributed by atoms with Crippen LogP contribution in [0.5, 0.6) is 0 Å². The second kappa shape index (κ2) is 3.89. The second-order valence-electron chi connectivity index (χ2n) is 3.80. The van der Waals surface area contributed by atoms with E-state index in [1.54, 1.807) is 6.07 Å². The van der Waals surface area contributed by atoms with E-state index in [0.717, 1.165) is 10.9 Å². The van der Waals surface area contributed by atoms with Gasteiger partial charge < -0.3 is 14.6 Å². The van der Waals surface area contributed by atoms with Crippen molar-refractivity contribution in [3.8, 4) is 11.5 Å². The summed E-state index contributed by atoms with van der Waals surface area (Å²) >= 11 is 5.89. The van der Waals surface area contributed by atoms with E-state index in [1.165, 1.54) is 6.07 Å². The summed E-state index contributed by atoms with van der Waals surface area (Å²) in [7, 11) is 0. The second-order valence-corrected chi connectivity index (χ2v) is 4.23. The molecule has 1 aromatic carbocycles. The van der Waals surface area contributed by atoms with Crippen molar-refractivity contribution in [1.29, 1.82) is 0 Å². The predicted molar refractivity (Wildman–Crippen MR) is 65.8 cm³/mol. The molecule has 2 N–H and O–H groups in total. The summed E-state index contributed by atoms with van der Waals surface area (Å²) in [6.45, 7) is 0. The SMILES string of the molecule is O=C(O)c1cc(-c2cc3cc(Cl)ccc3[nH]2)on1. The third-order valence-electron chi connectivity index (χ3n) is 2.58. The number of fused-ring (bicyclic) bond motifs is 1. The molecule has 0 amide bonds. The standard InChI is InChI=1S/C12H7ClN2O3/c13-7-1-2-8-6(3-7)4-9(14-8)11-5-10(12(16)17)15-18-11/h1-5,14H,(H,16,17). The van der Waals surface area contributed by atoms with Crippen molar-refractivity contribution in [2.45, 2.75) is 0 Å². The fourth-order valence-corrected chi connectivity index (χ4v) is 1.92. The van der Waals surface area contributed by atoms with Crippen molar-refractivity contribution >= 4 is 28.5 Å². The molecule has 90 valence electrons. The van der Waals surface area contributed by atoms with E-state index in [2.05, 4.69) is 10.1 Å². The number of nitrogens with one attached hydrogen (secondary N) is 1. The average molecular weight is 263 g/mol. The van der Waals surface area contributed by atoms with Crippen LogP contribution in [-0.2, 0) is 0 Å². The summed E-state index contributed by atoms with van der Waals surface area (Å²) in [6.07, 6.45) is 0. The molecule has 0 atom stereocenters. The van der Waals surface area contributed by atoms with Gasteiger partial charge in [0.2, 0.25) is 0 Å². The van der Waals surface area contributed by atoms with Crippen LogP contribution in [0.1, 0.15) is 10.5 Å². The molecule has 2 aromatic heterocycles. The summed E-state index contributed by atoms with van der Waals surface area (Å²) in [6, 6.07) is 8.62. The molecule has 0 fully saturated rings. The molecule has 5 nitrogen and oxygen atoms in total. The Kier molecular flexibility index (Phi) is 2.34. The molecule has 0 radical (unpaired) electrons. The van der Waals surface area contributed by atoms with E-state index in [0.29, 0.717) is 16.5 Å². The topological polar surface area (TPSA) is 79.1 Å². The molecule has 0 saturated heterocycles. The van der Waals surface area contributed by atoms with Gasteiger partial charge in [0, 0.05) is 22.0 Å². The van der Waals surface area contributed by atoms with Gasteiger partial charge in [-0.15, -0.1) is 0 Å². The molecule has 0 aliphatic carbocycles. The molecular weight excluding hydrogens is 256 g/mol. The minimum Gasteiger partial charge on any atom is -0.476 e. The Morgan fingerprint density at radius 1 is 1.33 bits per heavy atom. The highest BCUT2D eigenvalue weighted by molar-refractivity contribution is 6.31. The zero-order valence-electron chi connectivity index (χ0n) is 8.98. The van der Waals surface area contributed by atoms with Gasteiger partial charge in [-0.1, -0.05) is 16.8 Å². The largest absolute Gasteiger partial charge is 0.476 e. The van der Waals surface area contributed by atoms with Gasteiger partial charge in [-0.2, -0.15) is 0 Å². The highest BCUT2D eigenvalue weighted by Crippen LogP contribution is 2.26. The number of rotatable bonds is 2. The van der Waals surface area contributed by atoms with E-state index in [4.69, 9.17) is 21.2 Å². The Morgan fingerprint density at radius 3 is 2.89 bits per heavy atom. The maximum atomic E-state index is 10.7. The van der Waals surface area contributed by atoms with Crippen molar-refractivity contribution in [2.75, 3.05) is 0 Å². The quantitative estimate of drug-likeness (QED) is 0.743. The van der Waals surface area contributed by atoms with Gasteiger partial charge in [0.25, 0.3) is 0 Å². The van der Waals surface area contributed by atoms with Gasteiger partial charge in [0.1, 0.15) is 0 Å². The molecule has 0 bridgehead atoms. The molecule has 0 aliphatic heterocycles. The zero-order valence-corrected chi connectivity index (χ0v) is 9.73. The third-order valence-corrected chi connectivity index (χ3v) is 2.81. The summed E-state index contributed by atoms with van der Waals surface area (Å²) in [4.78, 5) is 13.8. The van der Waals surface area contributed by atoms with Crippen LogP contribution in [0.3, 0.4) is 0 Å². The van der Waals surface area contributed by atoms with Crippen molar-refractivity contribution in [3.05, 3.63) is 41.0 Å². The Hall–Kier alpha value is -2.27. The van der Waals surface area contributed by atoms with Crippen molar-refractivity contribution < 1.29 is 14.4 Å². The molecule has 6 heteroatoms. The van der Waals surface area contributed by atoms with Gasteiger partial charge in [-0.3, -0.25) is 0 Å². The number of carboxylic acid groups (broad SMARTS) is 1. The van der Waals surface area contributed by atoms with Crippen LogP contribution in [0.15, 0.2) is 34.9 Å². The maximum absolute atomic E-state index is 10.7. The first-order valence-electron chi connectivity index (χ1n) is 5.12. The van der Waals surface area contributed by atoms with E-state index >= 15 is 0 Å². The van der Waals surface area contributed by atoms with Crippen LogP contribution < -0.4 is 0 Å². The van der Waals surface area contributed by atoms with Gasteiger partial charge >= 0.3 is 5.97 Å². The minimum absolute atomic E-state index is 0.123. The highest BCUT2D eigenvalue weighted by Gasteiger charge is 2.13. The van der Waals surface area contributed by atoms with Crippen LogP contribution in [0.25, 0.3) is 22.4 Å². The lowest BCUT2D eigenvalue weighted by Crippen LogP contribution is -1.94. The van der Waals surface area contributed by atoms with E-state index in [9.17, 15) is 4.79 Å². The van der Waals surface area contributed by atoms with E-state index < -0.39 is 5.97 Å². The lowest BCUT2D eigenvalue weighted by molar-refractivity contribution is 0.0686. The number of nitrogens with zero attached hydrogens (tertiary/aromatic N) is 1. The predicted octanol–water partition coefficient (Wildman–Crippen LogP) is 3.17. The molecule has 3 rings (SSSR count). The van der Waals surface area contributed by atoms with Gasteiger partial charge in [0.15, 0.2) is 11.5 Å². The van der Waals surface area contributed by atoms with Crippen LogP contribution in [0.2, 0.25) is 5.02 Å². The number of aromatic nitrogens is 2. The molecule has 0 spiro atoms. The summed E-state index contributed by atoms with van der Waals surface area (Å²) in [5.41, 5.74) is 1.43. The summed E-state index contributed by atoms with van der Waals surface area (Å²) < 4.78 is 4.98. The number of H-pyrrole nitrogens is 1. The number of halogens is 1. The first kappa shape index (κ1) is 10.9. The van der Waals surface area contributed by atoms with Gasteiger partial charge in [-0.25, -0.2) is 4.79 Å². The zero-order chi connectivity index (χ0) is 12.7. The first-order valence-corrected chi connectivity index (χ1v) is 5.50. The highest BCUT2D eigenvalue weighted by atomic mass is 35.5. The maximum Gasteiger partial charge on any atom is 0.358 e. The minimum atomic E-state index is -1.12.